The van der Waals surface area contributed by atoms with Crippen molar-refractivity contribution in [2.24, 2.45) is 7.05 Å². The number of aryl methyl sites for hydroxylation is 1. The van der Waals surface area contributed by atoms with E-state index in [1.807, 2.05) is 0 Å². The Morgan fingerprint density at radius 3 is 2.25 bits per heavy atom. The summed E-state index contributed by atoms with van der Waals surface area (Å²) in [5.41, 5.74) is 0.686. The zero-order valence-electron chi connectivity index (χ0n) is 11.6. The molecule has 1 aromatic heterocycles. The second-order valence-corrected chi connectivity index (χ2v) is 8.88. The Kier molecular flexibility index (Phi) is 3.93. The third-order valence-corrected chi connectivity index (χ3v) is 5.86. The van der Waals surface area contributed by atoms with Crippen LogP contribution in [0.5, 0.6) is 0 Å². The molecule has 2 heterocycles. The Bertz CT molecular complexity index is 695. The van der Waals surface area contributed by atoms with Gasteiger partial charge >= 0.3 is 0 Å². The fourth-order valence-corrected chi connectivity index (χ4v) is 4.21. The van der Waals surface area contributed by atoms with Crippen LogP contribution in [0, 0.1) is 0 Å². The van der Waals surface area contributed by atoms with E-state index in [1.165, 1.54) is 8.61 Å². The van der Waals surface area contributed by atoms with Gasteiger partial charge in [-0.2, -0.15) is 13.7 Å². The van der Waals surface area contributed by atoms with Crippen LogP contribution in [0.25, 0.3) is 0 Å². The molecule has 8 nitrogen and oxygen atoms in total. The van der Waals surface area contributed by atoms with Crippen molar-refractivity contribution >= 4 is 20.0 Å². The van der Waals surface area contributed by atoms with Gasteiger partial charge in [0, 0.05) is 38.4 Å². The maximum Gasteiger partial charge on any atom is 0.211 e. The monoisotopic (exact) mass is 322 g/mol. The van der Waals surface area contributed by atoms with E-state index in [-0.39, 0.29) is 19.6 Å². The van der Waals surface area contributed by atoms with Gasteiger partial charge in [-0.15, -0.1) is 0 Å². The molecule has 1 saturated heterocycles. The molecule has 20 heavy (non-hydrogen) atoms. The van der Waals surface area contributed by atoms with Crippen molar-refractivity contribution in [2.75, 3.05) is 32.1 Å². The van der Waals surface area contributed by atoms with Crippen LogP contribution in [0.2, 0.25) is 0 Å². The van der Waals surface area contributed by atoms with E-state index < -0.39 is 26.1 Å². The summed E-state index contributed by atoms with van der Waals surface area (Å²) in [5, 5.41) is 4.02. The SMILES string of the molecule is Cn1cc(C2CN(S(C)(=O)=O)CCN2S(C)(=O)=O)cn1. The van der Waals surface area contributed by atoms with Crippen LogP contribution < -0.4 is 0 Å². The summed E-state index contributed by atoms with van der Waals surface area (Å²) in [4.78, 5) is 0. The van der Waals surface area contributed by atoms with Crippen LogP contribution >= 0.6 is 0 Å². The van der Waals surface area contributed by atoms with Gasteiger partial charge in [-0.05, 0) is 0 Å². The molecule has 1 aliphatic rings. The van der Waals surface area contributed by atoms with E-state index >= 15 is 0 Å². The first kappa shape index (κ1) is 15.4. The minimum atomic E-state index is -3.41. The van der Waals surface area contributed by atoms with E-state index in [4.69, 9.17) is 0 Å². The molecule has 1 unspecified atom stereocenters. The highest BCUT2D eigenvalue weighted by molar-refractivity contribution is 7.88. The number of hydrogen-bond acceptors (Lipinski definition) is 5. The number of aromatic nitrogens is 2. The van der Waals surface area contributed by atoms with E-state index in [2.05, 4.69) is 5.10 Å². The van der Waals surface area contributed by atoms with Gasteiger partial charge in [-0.1, -0.05) is 0 Å². The Morgan fingerprint density at radius 1 is 1.15 bits per heavy atom. The molecule has 1 atom stereocenters. The second-order valence-electron chi connectivity index (χ2n) is 4.96. The first-order chi connectivity index (χ1) is 9.09. The molecule has 10 heteroatoms. The Balaban J connectivity index is 2.38. The molecule has 0 bridgehead atoms. The van der Waals surface area contributed by atoms with Crippen molar-refractivity contribution in [3.8, 4) is 0 Å². The lowest BCUT2D eigenvalue weighted by Crippen LogP contribution is -2.51. The standard InChI is InChI=1S/C10H18N4O4S2/c1-12-7-9(6-11-12)10-8-13(19(2,15)16)4-5-14(10)20(3,17)18/h6-7,10H,4-5,8H2,1-3H3. The number of sulfonamides is 2. The van der Waals surface area contributed by atoms with Crippen molar-refractivity contribution in [2.45, 2.75) is 6.04 Å². The molecular weight excluding hydrogens is 304 g/mol. The van der Waals surface area contributed by atoms with E-state index in [0.29, 0.717) is 5.56 Å². The molecule has 1 fully saturated rings. The maximum absolute atomic E-state index is 11.9. The van der Waals surface area contributed by atoms with Crippen LogP contribution in [0.3, 0.4) is 0 Å². The lowest BCUT2D eigenvalue weighted by atomic mass is 10.1. The molecule has 0 saturated carbocycles. The number of rotatable bonds is 3. The van der Waals surface area contributed by atoms with Crippen LogP contribution in [-0.4, -0.2) is 67.4 Å². The van der Waals surface area contributed by atoms with Gasteiger partial charge in [-0.25, -0.2) is 16.8 Å². The predicted molar refractivity (Wildman–Crippen MR) is 73.9 cm³/mol. The number of hydrogen-bond donors (Lipinski definition) is 0. The van der Waals surface area contributed by atoms with E-state index in [1.54, 1.807) is 24.1 Å². The largest absolute Gasteiger partial charge is 0.275 e. The van der Waals surface area contributed by atoms with Gasteiger partial charge in [0.25, 0.3) is 0 Å². The summed E-state index contributed by atoms with van der Waals surface area (Å²) in [6.07, 6.45) is 5.53. The summed E-state index contributed by atoms with van der Waals surface area (Å²) in [6.45, 7) is 0.422. The van der Waals surface area contributed by atoms with Crippen molar-refractivity contribution < 1.29 is 16.8 Å². The summed E-state index contributed by atoms with van der Waals surface area (Å²) in [7, 11) is -5.02. The molecule has 0 aliphatic carbocycles. The minimum absolute atomic E-state index is 0.109. The van der Waals surface area contributed by atoms with Gasteiger partial charge < -0.3 is 0 Å². The van der Waals surface area contributed by atoms with Gasteiger partial charge in [0.05, 0.1) is 24.8 Å². The Morgan fingerprint density at radius 2 is 1.80 bits per heavy atom. The highest BCUT2D eigenvalue weighted by Crippen LogP contribution is 2.28. The molecule has 0 N–H and O–H groups in total. The van der Waals surface area contributed by atoms with Gasteiger partial charge in [0.15, 0.2) is 0 Å². The Labute approximate surface area is 119 Å². The van der Waals surface area contributed by atoms with E-state index in [9.17, 15) is 16.8 Å². The van der Waals surface area contributed by atoms with Gasteiger partial charge in [-0.3, -0.25) is 4.68 Å². The van der Waals surface area contributed by atoms with Crippen LogP contribution in [-0.2, 0) is 27.1 Å². The lowest BCUT2D eigenvalue weighted by molar-refractivity contribution is 0.204. The van der Waals surface area contributed by atoms with Gasteiger partial charge in [0.1, 0.15) is 0 Å². The minimum Gasteiger partial charge on any atom is -0.275 e. The van der Waals surface area contributed by atoms with Crippen LogP contribution in [0.15, 0.2) is 12.4 Å². The average Bonchev–Trinajstić information content (AvgIpc) is 2.72. The summed E-state index contributed by atoms with van der Waals surface area (Å²) < 4.78 is 51.2. The average molecular weight is 322 g/mol. The quantitative estimate of drug-likeness (QED) is 0.711. The molecule has 114 valence electrons. The molecule has 0 aromatic carbocycles. The topological polar surface area (TPSA) is 92.6 Å². The lowest BCUT2D eigenvalue weighted by Gasteiger charge is -2.38. The Hall–Kier alpha value is -0.970. The molecule has 0 radical (unpaired) electrons. The third kappa shape index (κ3) is 3.19. The molecule has 1 aromatic rings. The second kappa shape index (κ2) is 5.10. The summed E-state index contributed by atoms with van der Waals surface area (Å²) in [6, 6.07) is -0.540. The van der Waals surface area contributed by atoms with Gasteiger partial charge in [0.2, 0.25) is 20.0 Å². The smallest absolute Gasteiger partial charge is 0.211 e. The predicted octanol–water partition coefficient (Wildman–Crippen LogP) is -1.00. The number of piperazine rings is 1. The van der Waals surface area contributed by atoms with Crippen molar-refractivity contribution in [1.82, 2.24) is 18.4 Å². The van der Waals surface area contributed by atoms with Crippen LogP contribution in [0.1, 0.15) is 11.6 Å². The maximum atomic E-state index is 11.9. The molecule has 0 amide bonds. The van der Waals surface area contributed by atoms with Crippen molar-refractivity contribution in [3.63, 3.8) is 0 Å². The normalized spacial score (nSPS) is 23.1. The molecule has 2 rings (SSSR count). The van der Waals surface area contributed by atoms with Crippen LogP contribution in [0.4, 0.5) is 0 Å². The summed E-state index contributed by atoms with van der Waals surface area (Å²) >= 11 is 0. The van der Waals surface area contributed by atoms with Crippen molar-refractivity contribution in [1.29, 1.82) is 0 Å². The zero-order chi connectivity index (χ0) is 15.1. The van der Waals surface area contributed by atoms with E-state index in [0.717, 1.165) is 12.5 Å². The molecule has 1 aliphatic heterocycles. The fourth-order valence-electron chi connectivity index (χ4n) is 2.32. The third-order valence-electron chi connectivity index (χ3n) is 3.30. The highest BCUT2D eigenvalue weighted by Gasteiger charge is 2.37. The molecule has 0 spiro atoms. The molecular formula is C10H18N4O4S2. The number of nitrogens with zero attached hydrogens (tertiary/aromatic N) is 4. The first-order valence-corrected chi connectivity index (χ1v) is 9.69. The zero-order valence-corrected chi connectivity index (χ0v) is 13.2. The first-order valence-electron chi connectivity index (χ1n) is 5.99. The van der Waals surface area contributed by atoms with Crippen molar-refractivity contribution in [3.05, 3.63) is 18.0 Å². The summed E-state index contributed by atoms with van der Waals surface area (Å²) in [5.74, 6) is 0. The fraction of sp³-hybridized carbons (Fsp3) is 0.700. The highest BCUT2D eigenvalue weighted by atomic mass is 32.2.